The fourth-order valence-corrected chi connectivity index (χ4v) is 1.91. The molecular formula is C14H11BrFNO. The Morgan fingerprint density at radius 2 is 1.94 bits per heavy atom. The van der Waals surface area contributed by atoms with E-state index in [1.54, 1.807) is 24.3 Å². The molecule has 0 aliphatic heterocycles. The fraction of sp³-hybridized carbons (Fsp3) is 0.0714. The van der Waals surface area contributed by atoms with Gasteiger partial charge in [-0.05, 0) is 35.9 Å². The first-order chi connectivity index (χ1) is 8.69. The van der Waals surface area contributed by atoms with E-state index in [9.17, 15) is 9.18 Å². The zero-order valence-electron chi connectivity index (χ0n) is 9.49. The lowest BCUT2D eigenvalue weighted by molar-refractivity contribution is 0.102. The molecule has 1 amide bonds. The Kier molecular flexibility index (Phi) is 4.10. The van der Waals surface area contributed by atoms with Crippen LogP contribution in [0.5, 0.6) is 0 Å². The van der Waals surface area contributed by atoms with Gasteiger partial charge in [-0.1, -0.05) is 34.1 Å². The summed E-state index contributed by atoms with van der Waals surface area (Å²) in [5.74, 6) is -0.620. The number of hydrogen-bond acceptors (Lipinski definition) is 1. The third-order valence-corrected chi connectivity index (χ3v) is 3.07. The van der Waals surface area contributed by atoms with Crippen LogP contribution in [-0.4, -0.2) is 5.91 Å². The van der Waals surface area contributed by atoms with Crippen LogP contribution in [0.4, 0.5) is 10.1 Å². The molecule has 0 radical (unpaired) electrons. The smallest absolute Gasteiger partial charge is 0.255 e. The zero-order chi connectivity index (χ0) is 13.0. The van der Waals surface area contributed by atoms with E-state index in [4.69, 9.17) is 0 Å². The summed E-state index contributed by atoms with van der Waals surface area (Å²) >= 11 is 3.34. The van der Waals surface area contributed by atoms with E-state index in [1.807, 2.05) is 12.1 Å². The molecule has 0 aliphatic rings. The van der Waals surface area contributed by atoms with Gasteiger partial charge in [0.2, 0.25) is 0 Å². The normalized spacial score (nSPS) is 10.1. The first-order valence-electron chi connectivity index (χ1n) is 5.41. The average Bonchev–Trinajstić information content (AvgIpc) is 2.39. The van der Waals surface area contributed by atoms with Gasteiger partial charge in [0, 0.05) is 16.6 Å². The Hall–Kier alpha value is -1.68. The molecule has 2 aromatic carbocycles. The van der Waals surface area contributed by atoms with Gasteiger partial charge in [0.25, 0.3) is 5.91 Å². The summed E-state index contributed by atoms with van der Waals surface area (Å²) < 4.78 is 13.0. The molecule has 18 heavy (non-hydrogen) atoms. The molecular weight excluding hydrogens is 297 g/mol. The van der Waals surface area contributed by atoms with Crippen molar-refractivity contribution in [2.45, 2.75) is 5.33 Å². The lowest BCUT2D eigenvalue weighted by atomic mass is 10.1. The summed E-state index contributed by atoms with van der Waals surface area (Å²) in [6, 6.07) is 13.1. The summed E-state index contributed by atoms with van der Waals surface area (Å²) in [6.07, 6.45) is 0. The van der Waals surface area contributed by atoms with Crippen molar-refractivity contribution >= 4 is 27.5 Å². The molecule has 0 aromatic heterocycles. The number of carbonyl (C=O) groups excluding carboxylic acids is 1. The molecule has 0 heterocycles. The van der Waals surface area contributed by atoms with Crippen LogP contribution in [0, 0.1) is 5.82 Å². The number of alkyl halides is 1. The number of benzene rings is 2. The molecule has 0 bridgehead atoms. The molecule has 2 nitrogen and oxygen atoms in total. The highest BCUT2D eigenvalue weighted by Gasteiger charge is 2.06. The minimum atomic E-state index is -0.373. The zero-order valence-corrected chi connectivity index (χ0v) is 11.1. The number of carbonyl (C=O) groups is 1. The average molecular weight is 308 g/mol. The molecule has 0 saturated carbocycles. The van der Waals surface area contributed by atoms with E-state index in [0.29, 0.717) is 16.6 Å². The van der Waals surface area contributed by atoms with Crippen molar-refractivity contribution in [3.05, 3.63) is 65.5 Å². The van der Waals surface area contributed by atoms with Crippen LogP contribution in [0.2, 0.25) is 0 Å². The monoisotopic (exact) mass is 307 g/mol. The first-order valence-corrected chi connectivity index (χ1v) is 6.53. The maximum Gasteiger partial charge on any atom is 0.255 e. The van der Waals surface area contributed by atoms with Crippen molar-refractivity contribution in [1.82, 2.24) is 0 Å². The Balaban J connectivity index is 2.16. The highest BCUT2D eigenvalue weighted by Crippen LogP contribution is 2.13. The second-order valence-corrected chi connectivity index (χ2v) is 4.36. The van der Waals surface area contributed by atoms with Crippen LogP contribution in [0.25, 0.3) is 0 Å². The van der Waals surface area contributed by atoms with E-state index < -0.39 is 0 Å². The second kappa shape index (κ2) is 5.78. The lowest BCUT2D eigenvalue weighted by Gasteiger charge is -2.06. The van der Waals surface area contributed by atoms with Gasteiger partial charge in [0.05, 0.1) is 0 Å². The van der Waals surface area contributed by atoms with Crippen molar-refractivity contribution in [2.75, 3.05) is 5.32 Å². The third kappa shape index (κ3) is 3.17. The Labute approximate surface area is 113 Å². The minimum absolute atomic E-state index is 0.247. The van der Waals surface area contributed by atoms with Gasteiger partial charge in [-0.25, -0.2) is 4.39 Å². The summed E-state index contributed by atoms with van der Waals surface area (Å²) in [5, 5.41) is 3.34. The maximum atomic E-state index is 13.0. The number of halogens is 2. The molecule has 0 spiro atoms. The maximum absolute atomic E-state index is 13.0. The van der Waals surface area contributed by atoms with Crippen molar-refractivity contribution in [3.8, 4) is 0 Å². The van der Waals surface area contributed by atoms with E-state index in [2.05, 4.69) is 21.2 Å². The van der Waals surface area contributed by atoms with Gasteiger partial charge in [0.1, 0.15) is 5.82 Å². The summed E-state index contributed by atoms with van der Waals surface area (Å²) in [4.78, 5) is 11.9. The van der Waals surface area contributed by atoms with Crippen LogP contribution < -0.4 is 5.32 Å². The molecule has 2 rings (SSSR count). The predicted octanol–water partition coefficient (Wildman–Crippen LogP) is 3.97. The molecule has 2 aromatic rings. The van der Waals surface area contributed by atoms with Crippen molar-refractivity contribution in [1.29, 1.82) is 0 Å². The molecule has 0 saturated heterocycles. The van der Waals surface area contributed by atoms with Gasteiger partial charge < -0.3 is 5.32 Å². The number of rotatable bonds is 3. The molecule has 1 N–H and O–H groups in total. The Bertz CT molecular complexity index is 571. The first kappa shape index (κ1) is 12.8. The van der Waals surface area contributed by atoms with Crippen LogP contribution in [0.1, 0.15) is 15.9 Å². The number of amides is 1. The molecule has 92 valence electrons. The number of hydrogen-bond donors (Lipinski definition) is 1. The highest BCUT2D eigenvalue weighted by atomic mass is 79.9. The van der Waals surface area contributed by atoms with Crippen LogP contribution >= 0.6 is 15.9 Å². The van der Waals surface area contributed by atoms with E-state index >= 15 is 0 Å². The highest BCUT2D eigenvalue weighted by molar-refractivity contribution is 9.08. The SMILES string of the molecule is O=C(Nc1cccc(F)c1)c1cccc(CBr)c1. The van der Waals surface area contributed by atoms with E-state index in [-0.39, 0.29) is 11.7 Å². The standard InChI is InChI=1S/C14H11BrFNO/c15-9-10-3-1-4-11(7-10)14(18)17-13-6-2-5-12(16)8-13/h1-8H,9H2,(H,17,18). The molecule has 0 atom stereocenters. The number of nitrogens with one attached hydrogen (secondary N) is 1. The second-order valence-electron chi connectivity index (χ2n) is 3.80. The van der Waals surface area contributed by atoms with Gasteiger partial charge in [-0.2, -0.15) is 0 Å². The van der Waals surface area contributed by atoms with Crippen LogP contribution in [0.15, 0.2) is 48.5 Å². The van der Waals surface area contributed by atoms with Crippen molar-refractivity contribution < 1.29 is 9.18 Å². The van der Waals surface area contributed by atoms with Gasteiger partial charge >= 0.3 is 0 Å². The molecule has 0 aliphatic carbocycles. The van der Waals surface area contributed by atoms with Gasteiger partial charge in [-0.15, -0.1) is 0 Å². The fourth-order valence-electron chi connectivity index (χ4n) is 1.57. The third-order valence-electron chi connectivity index (χ3n) is 2.43. The van der Waals surface area contributed by atoms with Gasteiger partial charge in [0.15, 0.2) is 0 Å². The largest absolute Gasteiger partial charge is 0.322 e. The van der Waals surface area contributed by atoms with Crippen molar-refractivity contribution in [2.24, 2.45) is 0 Å². The van der Waals surface area contributed by atoms with Crippen molar-refractivity contribution in [3.63, 3.8) is 0 Å². The predicted molar refractivity (Wildman–Crippen MR) is 73.4 cm³/mol. The minimum Gasteiger partial charge on any atom is -0.322 e. The Morgan fingerprint density at radius 1 is 1.17 bits per heavy atom. The Morgan fingerprint density at radius 3 is 2.67 bits per heavy atom. The molecule has 4 heteroatoms. The van der Waals surface area contributed by atoms with E-state index in [1.165, 1.54) is 12.1 Å². The summed E-state index contributed by atoms with van der Waals surface area (Å²) in [5.41, 5.74) is 2.02. The molecule has 0 unspecified atom stereocenters. The topological polar surface area (TPSA) is 29.1 Å². The van der Waals surface area contributed by atoms with Crippen LogP contribution in [0.3, 0.4) is 0 Å². The van der Waals surface area contributed by atoms with Gasteiger partial charge in [-0.3, -0.25) is 4.79 Å². The lowest BCUT2D eigenvalue weighted by Crippen LogP contribution is -2.12. The summed E-state index contributed by atoms with van der Waals surface area (Å²) in [7, 11) is 0. The quantitative estimate of drug-likeness (QED) is 0.854. The summed E-state index contributed by atoms with van der Waals surface area (Å²) in [6.45, 7) is 0. The van der Waals surface area contributed by atoms with E-state index in [0.717, 1.165) is 5.56 Å². The van der Waals surface area contributed by atoms with Crippen LogP contribution in [-0.2, 0) is 5.33 Å². The molecule has 0 fully saturated rings. The number of anilines is 1.